The van der Waals surface area contributed by atoms with Crippen molar-refractivity contribution in [1.82, 2.24) is 10.9 Å². The summed E-state index contributed by atoms with van der Waals surface area (Å²) in [6.07, 6.45) is 2.82. The van der Waals surface area contributed by atoms with E-state index in [0.29, 0.717) is 17.4 Å². The van der Waals surface area contributed by atoms with Crippen molar-refractivity contribution in [3.8, 4) is 5.75 Å². The molecule has 0 unspecified atom stereocenters. The summed E-state index contributed by atoms with van der Waals surface area (Å²) in [5.74, 6) is 0.639. The number of para-hydroxylation sites is 1. The van der Waals surface area contributed by atoms with Gasteiger partial charge in [-0.05, 0) is 41.8 Å². The van der Waals surface area contributed by atoms with Crippen molar-refractivity contribution >= 4 is 28.9 Å². The molecular weight excluding hydrogens is 356 g/mol. The van der Waals surface area contributed by atoms with Crippen molar-refractivity contribution in [2.45, 2.75) is 19.8 Å². The second kappa shape index (κ2) is 8.90. The Kier molecular flexibility index (Phi) is 6.11. The van der Waals surface area contributed by atoms with Crippen LogP contribution in [-0.4, -0.2) is 18.4 Å². The molecule has 1 aromatic heterocycles. The molecule has 0 fully saturated rings. The van der Waals surface area contributed by atoms with Crippen LogP contribution in [0, 0.1) is 0 Å². The molecule has 6 heteroatoms. The maximum absolute atomic E-state index is 11.8. The maximum Gasteiger partial charge on any atom is 0.276 e. The summed E-state index contributed by atoms with van der Waals surface area (Å²) in [5, 5.41) is 0.953. The minimum atomic E-state index is -0.477. The van der Waals surface area contributed by atoms with Crippen LogP contribution in [0.1, 0.15) is 31.1 Å². The molecule has 144 valence electrons. The molecule has 2 N–H and O–H groups in total. The molecule has 0 radical (unpaired) electrons. The quantitative estimate of drug-likeness (QED) is 0.505. The number of carbonyl (C=O) groups excluding carboxylic acids is 2. The highest BCUT2D eigenvalue weighted by Crippen LogP contribution is 2.20. The number of nitrogens with one attached hydrogen (secondary N) is 2. The van der Waals surface area contributed by atoms with Gasteiger partial charge in [-0.25, -0.2) is 0 Å². The highest BCUT2D eigenvalue weighted by molar-refractivity contribution is 5.93. The summed E-state index contributed by atoms with van der Waals surface area (Å²) in [6.45, 7) is 4.01. The van der Waals surface area contributed by atoms with Crippen LogP contribution in [0.5, 0.6) is 5.75 Å². The zero-order valence-electron chi connectivity index (χ0n) is 15.8. The number of hydrogen-bond acceptors (Lipinski definition) is 4. The van der Waals surface area contributed by atoms with Crippen LogP contribution in [0.2, 0.25) is 0 Å². The largest absolute Gasteiger partial charge is 0.484 e. The van der Waals surface area contributed by atoms with Crippen molar-refractivity contribution in [3.05, 3.63) is 72.0 Å². The fourth-order valence-electron chi connectivity index (χ4n) is 2.55. The lowest BCUT2D eigenvalue weighted by molar-refractivity contribution is -0.128. The molecule has 0 saturated carbocycles. The number of amides is 2. The van der Waals surface area contributed by atoms with Gasteiger partial charge in [0.15, 0.2) is 6.61 Å². The predicted octanol–water partition coefficient (Wildman–Crippen LogP) is 3.80. The lowest BCUT2D eigenvalue weighted by atomic mass is 10.0. The van der Waals surface area contributed by atoms with E-state index in [1.807, 2.05) is 54.6 Å². The number of hydrogen-bond donors (Lipinski definition) is 2. The normalized spacial score (nSPS) is 11.1. The van der Waals surface area contributed by atoms with Crippen LogP contribution in [0.25, 0.3) is 17.0 Å². The Morgan fingerprint density at radius 3 is 2.54 bits per heavy atom. The molecule has 6 nitrogen and oxygen atoms in total. The minimum Gasteiger partial charge on any atom is -0.484 e. The summed E-state index contributed by atoms with van der Waals surface area (Å²) >= 11 is 0. The van der Waals surface area contributed by atoms with Gasteiger partial charge in [0, 0.05) is 11.5 Å². The van der Waals surface area contributed by atoms with Gasteiger partial charge in [-0.15, -0.1) is 0 Å². The van der Waals surface area contributed by atoms with Crippen molar-refractivity contribution < 1.29 is 18.7 Å². The SMILES string of the molecule is CC(C)c1ccc(OCC(=O)NNC(=O)/C=C/c2cc3ccccc3o2)cc1. The average Bonchev–Trinajstić information content (AvgIpc) is 3.12. The first-order valence-corrected chi connectivity index (χ1v) is 8.99. The molecule has 0 aliphatic rings. The van der Waals surface area contributed by atoms with Gasteiger partial charge in [-0.2, -0.15) is 0 Å². The lowest BCUT2D eigenvalue weighted by Gasteiger charge is -2.09. The third-order valence-corrected chi connectivity index (χ3v) is 4.09. The highest BCUT2D eigenvalue weighted by Gasteiger charge is 2.05. The molecule has 3 rings (SSSR count). The summed E-state index contributed by atoms with van der Waals surface area (Å²) < 4.78 is 11.0. The Labute approximate surface area is 163 Å². The summed E-state index contributed by atoms with van der Waals surface area (Å²) in [6, 6.07) is 16.9. The van der Waals surface area contributed by atoms with Crippen molar-refractivity contribution in [1.29, 1.82) is 0 Å². The fraction of sp³-hybridized carbons (Fsp3) is 0.182. The van der Waals surface area contributed by atoms with Crippen molar-refractivity contribution in [3.63, 3.8) is 0 Å². The minimum absolute atomic E-state index is 0.200. The van der Waals surface area contributed by atoms with E-state index in [4.69, 9.17) is 9.15 Å². The molecule has 3 aromatic rings. The molecule has 0 atom stereocenters. The third kappa shape index (κ3) is 5.23. The van der Waals surface area contributed by atoms with E-state index >= 15 is 0 Å². The third-order valence-electron chi connectivity index (χ3n) is 4.09. The fourth-order valence-corrected chi connectivity index (χ4v) is 2.55. The van der Waals surface area contributed by atoms with Crippen LogP contribution in [0.4, 0.5) is 0 Å². The number of ether oxygens (including phenoxy) is 1. The summed E-state index contributed by atoms with van der Waals surface area (Å²) in [5.41, 5.74) is 6.54. The van der Waals surface area contributed by atoms with Crippen molar-refractivity contribution in [2.24, 2.45) is 0 Å². The number of rotatable bonds is 6. The van der Waals surface area contributed by atoms with Crippen LogP contribution in [0.3, 0.4) is 0 Å². The van der Waals surface area contributed by atoms with E-state index in [1.54, 1.807) is 0 Å². The average molecular weight is 378 g/mol. The Morgan fingerprint density at radius 1 is 1.07 bits per heavy atom. The summed E-state index contributed by atoms with van der Waals surface area (Å²) in [7, 11) is 0. The van der Waals surface area contributed by atoms with E-state index in [0.717, 1.165) is 11.0 Å². The second-order valence-corrected chi connectivity index (χ2v) is 6.57. The molecule has 0 aliphatic carbocycles. The molecule has 2 aromatic carbocycles. The maximum atomic E-state index is 11.8. The van der Waals surface area contributed by atoms with Gasteiger partial charge in [0.1, 0.15) is 17.1 Å². The van der Waals surface area contributed by atoms with Crippen molar-refractivity contribution in [2.75, 3.05) is 6.61 Å². The van der Waals surface area contributed by atoms with Gasteiger partial charge in [0.2, 0.25) is 0 Å². The monoisotopic (exact) mass is 378 g/mol. The summed E-state index contributed by atoms with van der Waals surface area (Å²) in [4.78, 5) is 23.6. The van der Waals surface area contributed by atoms with Crippen LogP contribution < -0.4 is 15.6 Å². The second-order valence-electron chi connectivity index (χ2n) is 6.57. The smallest absolute Gasteiger partial charge is 0.276 e. The van der Waals surface area contributed by atoms with Crippen LogP contribution in [-0.2, 0) is 9.59 Å². The Balaban J connectivity index is 1.42. The molecule has 28 heavy (non-hydrogen) atoms. The molecule has 2 amide bonds. The first kappa shape index (κ1) is 19.2. The van der Waals surface area contributed by atoms with Crippen LogP contribution in [0.15, 0.2) is 65.1 Å². The van der Waals surface area contributed by atoms with Gasteiger partial charge in [-0.1, -0.05) is 44.2 Å². The zero-order chi connectivity index (χ0) is 19.9. The molecule has 1 heterocycles. The first-order chi connectivity index (χ1) is 13.5. The lowest BCUT2D eigenvalue weighted by Crippen LogP contribution is -2.43. The molecule has 0 bridgehead atoms. The number of carbonyl (C=O) groups is 2. The molecular formula is C22H22N2O4. The Morgan fingerprint density at radius 2 is 1.82 bits per heavy atom. The first-order valence-electron chi connectivity index (χ1n) is 8.99. The zero-order valence-corrected chi connectivity index (χ0v) is 15.8. The van der Waals surface area contributed by atoms with E-state index in [9.17, 15) is 9.59 Å². The molecule has 0 aliphatic heterocycles. The predicted molar refractivity (Wildman–Crippen MR) is 108 cm³/mol. The topological polar surface area (TPSA) is 80.6 Å². The number of furan rings is 1. The number of hydrazine groups is 1. The Bertz CT molecular complexity index is 954. The number of benzene rings is 2. The molecule has 0 saturated heterocycles. The highest BCUT2D eigenvalue weighted by atomic mass is 16.5. The standard InChI is InChI=1S/C22H22N2O4/c1-15(2)16-7-9-18(10-8-16)27-14-22(26)24-23-21(25)12-11-19-13-17-5-3-4-6-20(17)28-19/h3-13,15H,14H2,1-2H3,(H,23,25)(H,24,26)/b12-11+. The van der Waals surface area contributed by atoms with Gasteiger partial charge in [-0.3, -0.25) is 20.4 Å². The van der Waals surface area contributed by atoms with Gasteiger partial charge >= 0.3 is 0 Å². The number of fused-ring (bicyclic) bond motifs is 1. The van der Waals surface area contributed by atoms with E-state index in [-0.39, 0.29) is 6.61 Å². The molecule has 0 spiro atoms. The van der Waals surface area contributed by atoms with E-state index in [2.05, 4.69) is 24.7 Å². The Hall–Kier alpha value is -3.54. The van der Waals surface area contributed by atoms with E-state index < -0.39 is 11.8 Å². The van der Waals surface area contributed by atoms with Gasteiger partial charge in [0.05, 0.1) is 0 Å². The van der Waals surface area contributed by atoms with Gasteiger partial charge in [0.25, 0.3) is 11.8 Å². The van der Waals surface area contributed by atoms with Crippen LogP contribution >= 0.6 is 0 Å². The van der Waals surface area contributed by atoms with Gasteiger partial charge < -0.3 is 9.15 Å². The van der Waals surface area contributed by atoms with E-state index in [1.165, 1.54) is 17.7 Å².